The third-order valence-corrected chi connectivity index (χ3v) is 5.27. The average molecular weight is 297 g/mol. The van der Waals surface area contributed by atoms with Gasteiger partial charge in [-0.1, -0.05) is 0 Å². The van der Waals surface area contributed by atoms with E-state index in [0.717, 1.165) is 38.1 Å². The minimum atomic E-state index is 0.369. The summed E-state index contributed by atoms with van der Waals surface area (Å²) in [7, 11) is 1.72. The molecule has 1 N–H and O–H groups in total. The molecule has 0 radical (unpaired) electrons. The lowest BCUT2D eigenvalue weighted by Gasteiger charge is -2.35. The molecule has 0 spiro atoms. The highest BCUT2D eigenvalue weighted by Crippen LogP contribution is 2.50. The first-order valence-corrected chi connectivity index (χ1v) is 8.76. The van der Waals surface area contributed by atoms with Crippen molar-refractivity contribution in [2.24, 2.45) is 11.3 Å². The molecule has 0 aromatic heterocycles. The maximum Gasteiger partial charge on any atom is 0.0700 e. The van der Waals surface area contributed by atoms with Crippen LogP contribution in [0.4, 0.5) is 0 Å². The average Bonchev–Trinajstić information content (AvgIpc) is 3.41. The summed E-state index contributed by atoms with van der Waals surface area (Å²) < 4.78 is 16.8. The van der Waals surface area contributed by atoms with Crippen molar-refractivity contribution in [3.63, 3.8) is 0 Å². The normalized spacial score (nSPS) is 32.7. The van der Waals surface area contributed by atoms with Crippen molar-refractivity contribution >= 4 is 0 Å². The molecule has 4 heteroatoms. The van der Waals surface area contributed by atoms with Gasteiger partial charge < -0.3 is 19.5 Å². The van der Waals surface area contributed by atoms with E-state index >= 15 is 0 Å². The van der Waals surface area contributed by atoms with E-state index in [1.165, 1.54) is 38.5 Å². The molecule has 4 nitrogen and oxygen atoms in total. The van der Waals surface area contributed by atoms with Gasteiger partial charge in [0.1, 0.15) is 0 Å². The molecule has 122 valence electrons. The summed E-state index contributed by atoms with van der Waals surface area (Å²) in [5.74, 6) is 0.836. The number of hydrogen-bond acceptors (Lipinski definition) is 4. The maximum absolute atomic E-state index is 6.14. The minimum Gasteiger partial charge on any atom is -0.382 e. The predicted octanol–water partition coefficient (Wildman–Crippen LogP) is 2.37. The van der Waals surface area contributed by atoms with Crippen molar-refractivity contribution in [1.82, 2.24) is 5.32 Å². The Bertz CT molecular complexity index is 317. The number of rotatable bonds is 11. The van der Waals surface area contributed by atoms with Crippen LogP contribution in [0.5, 0.6) is 0 Å². The van der Waals surface area contributed by atoms with Crippen LogP contribution < -0.4 is 5.32 Å². The van der Waals surface area contributed by atoms with Crippen molar-refractivity contribution in [1.29, 1.82) is 0 Å². The van der Waals surface area contributed by atoms with Gasteiger partial charge in [-0.25, -0.2) is 0 Å². The fraction of sp³-hybridized carbons (Fsp3) is 1.00. The molecular weight excluding hydrogens is 266 g/mol. The zero-order valence-electron chi connectivity index (χ0n) is 13.4. The molecule has 21 heavy (non-hydrogen) atoms. The second kappa shape index (κ2) is 7.40. The van der Waals surface area contributed by atoms with E-state index in [2.05, 4.69) is 5.32 Å². The lowest BCUT2D eigenvalue weighted by atomic mass is 9.75. The zero-order valence-corrected chi connectivity index (χ0v) is 13.4. The molecule has 0 amide bonds. The Labute approximate surface area is 128 Å². The molecule has 1 heterocycles. The second-order valence-electron chi connectivity index (χ2n) is 7.11. The Hall–Kier alpha value is -0.160. The topological polar surface area (TPSA) is 39.7 Å². The minimum absolute atomic E-state index is 0.369. The molecule has 2 atom stereocenters. The van der Waals surface area contributed by atoms with Crippen molar-refractivity contribution in [2.45, 2.75) is 57.1 Å². The largest absolute Gasteiger partial charge is 0.382 e. The first kappa shape index (κ1) is 15.7. The van der Waals surface area contributed by atoms with Gasteiger partial charge in [0, 0.05) is 38.3 Å². The van der Waals surface area contributed by atoms with Crippen LogP contribution in [0.1, 0.15) is 44.9 Å². The summed E-state index contributed by atoms with van der Waals surface area (Å²) in [5, 5.41) is 3.77. The summed E-state index contributed by atoms with van der Waals surface area (Å²) >= 11 is 0. The summed E-state index contributed by atoms with van der Waals surface area (Å²) in [5.41, 5.74) is 0.369. The first-order valence-electron chi connectivity index (χ1n) is 8.76. The van der Waals surface area contributed by atoms with Gasteiger partial charge >= 0.3 is 0 Å². The Morgan fingerprint density at radius 2 is 2.00 bits per heavy atom. The molecular formula is C17H31NO3. The maximum atomic E-state index is 6.14. The van der Waals surface area contributed by atoms with E-state index in [1.54, 1.807) is 7.11 Å². The van der Waals surface area contributed by atoms with Crippen LogP contribution in [0.15, 0.2) is 0 Å². The highest BCUT2D eigenvalue weighted by Gasteiger charge is 2.50. The van der Waals surface area contributed by atoms with Gasteiger partial charge in [0.2, 0.25) is 0 Å². The Morgan fingerprint density at radius 1 is 1.14 bits per heavy atom. The van der Waals surface area contributed by atoms with Gasteiger partial charge in [0.25, 0.3) is 0 Å². The van der Waals surface area contributed by atoms with Crippen molar-refractivity contribution in [2.75, 3.05) is 40.1 Å². The molecule has 3 aliphatic rings. The van der Waals surface area contributed by atoms with E-state index in [1.807, 2.05) is 0 Å². The van der Waals surface area contributed by atoms with Gasteiger partial charge in [-0.3, -0.25) is 0 Å². The van der Waals surface area contributed by atoms with E-state index in [0.29, 0.717) is 24.7 Å². The molecule has 0 aromatic rings. The van der Waals surface area contributed by atoms with Crippen LogP contribution in [0.25, 0.3) is 0 Å². The van der Waals surface area contributed by atoms with Crippen molar-refractivity contribution in [3.05, 3.63) is 0 Å². The van der Waals surface area contributed by atoms with Crippen LogP contribution in [-0.2, 0) is 14.2 Å². The smallest absolute Gasteiger partial charge is 0.0700 e. The second-order valence-corrected chi connectivity index (χ2v) is 7.11. The molecule has 2 unspecified atom stereocenters. The molecule has 2 aliphatic carbocycles. The van der Waals surface area contributed by atoms with Crippen LogP contribution in [0, 0.1) is 11.3 Å². The fourth-order valence-corrected chi connectivity index (χ4v) is 3.69. The predicted molar refractivity (Wildman–Crippen MR) is 82.5 cm³/mol. The SMILES string of the molecule is COCCOCCCC1(CNC2CC2)CCOC1C1CC1. The van der Waals surface area contributed by atoms with Gasteiger partial charge in [0.15, 0.2) is 0 Å². The number of hydrogen-bond donors (Lipinski definition) is 1. The number of ether oxygens (including phenoxy) is 3. The Morgan fingerprint density at radius 3 is 2.71 bits per heavy atom. The Kier molecular flexibility index (Phi) is 5.54. The van der Waals surface area contributed by atoms with Gasteiger partial charge in [-0.2, -0.15) is 0 Å². The lowest BCUT2D eigenvalue weighted by molar-refractivity contribution is 0.0173. The monoisotopic (exact) mass is 297 g/mol. The quantitative estimate of drug-likeness (QED) is 0.594. The van der Waals surface area contributed by atoms with E-state index in [9.17, 15) is 0 Å². The van der Waals surface area contributed by atoms with Crippen molar-refractivity contribution < 1.29 is 14.2 Å². The molecule has 1 aliphatic heterocycles. The van der Waals surface area contributed by atoms with Crippen molar-refractivity contribution in [3.8, 4) is 0 Å². The summed E-state index contributed by atoms with van der Waals surface area (Å²) in [4.78, 5) is 0. The van der Waals surface area contributed by atoms with Crippen LogP contribution in [-0.4, -0.2) is 52.2 Å². The third-order valence-electron chi connectivity index (χ3n) is 5.27. The fourth-order valence-electron chi connectivity index (χ4n) is 3.69. The molecule has 3 rings (SSSR count). The molecule has 0 aromatic carbocycles. The van der Waals surface area contributed by atoms with E-state index < -0.39 is 0 Å². The van der Waals surface area contributed by atoms with Crippen LogP contribution >= 0.6 is 0 Å². The molecule has 3 fully saturated rings. The zero-order chi connectivity index (χ0) is 14.5. The van der Waals surface area contributed by atoms with Crippen LogP contribution in [0.3, 0.4) is 0 Å². The van der Waals surface area contributed by atoms with Gasteiger partial charge in [-0.05, 0) is 50.9 Å². The van der Waals surface area contributed by atoms with Crippen LogP contribution in [0.2, 0.25) is 0 Å². The van der Waals surface area contributed by atoms with Gasteiger partial charge in [-0.15, -0.1) is 0 Å². The summed E-state index contributed by atoms with van der Waals surface area (Å²) in [6.07, 6.45) is 9.59. The molecule has 2 saturated carbocycles. The molecule has 1 saturated heterocycles. The summed E-state index contributed by atoms with van der Waals surface area (Å²) in [6.45, 7) is 4.37. The Balaban J connectivity index is 1.46. The number of methoxy groups -OCH3 is 1. The van der Waals surface area contributed by atoms with Gasteiger partial charge in [0.05, 0.1) is 19.3 Å². The van der Waals surface area contributed by atoms with E-state index in [4.69, 9.17) is 14.2 Å². The standard InChI is InChI=1S/C17H31NO3/c1-19-11-12-20-9-2-7-17(13-18-15-5-6-15)8-10-21-16(17)14-3-4-14/h14-16,18H,2-13H2,1H3. The lowest BCUT2D eigenvalue weighted by Crippen LogP contribution is -2.42. The highest BCUT2D eigenvalue weighted by molar-refractivity contribution is 5.01. The molecule has 0 bridgehead atoms. The van der Waals surface area contributed by atoms with E-state index in [-0.39, 0.29) is 0 Å². The first-order chi connectivity index (χ1) is 10.3. The number of nitrogens with one attached hydrogen (secondary N) is 1. The third kappa shape index (κ3) is 4.41. The summed E-state index contributed by atoms with van der Waals surface area (Å²) in [6, 6.07) is 0.792. The highest BCUT2D eigenvalue weighted by atomic mass is 16.5.